The van der Waals surface area contributed by atoms with Crippen molar-refractivity contribution in [1.82, 2.24) is 5.32 Å². The molecule has 0 aromatic carbocycles. The van der Waals surface area contributed by atoms with Gasteiger partial charge in [0.15, 0.2) is 0 Å². The van der Waals surface area contributed by atoms with Gasteiger partial charge in [-0.05, 0) is 57.8 Å². The fraction of sp³-hybridized carbons (Fsp3) is 0.676. The van der Waals surface area contributed by atoms with Gasteiger partial charge in [0, 0.05) is 6.42 Å². The van der Waals surface area contributed by atoms with E-state index < -0.39 is 20.0 Å². The van der Waals surface area contributed by atoms with Crippen molar-refractivity contribution >= 4 is 13.7 Å². The number of nitrogens with zero attached hydrogens (tertiary/aromatic N) is 1. The van der Waals surface area contributed by atoms with Gasteiger partial charge in [0.05, 0.1) is 39.9 Å². The van der Waals surface area contributed by atoms with E-state index in [0.717, 1.165) is 64.2 Å². The summed E-state index contributed by atoms with van der Waals surface area (Å²) < 4.78 is 23.2. The number of likely N-dealkylation sites (N-methyl/N-ethyl adjacent to an activating group) is 1. The molecule has 0 aliphatic heterocycles. The molecule has 3 unspecified atom stereocenters. The molecule has 0 heterocycles. The fourth-order valence-electron chi connectivity index (χ4n) is 3.82. The van der Waals surface area contributed by atoms with Crippen molar-refractivity contribution < 1.29 is 32.9 Å². The van der Waals surface area contributed by atoms with Gasteiger partial charge < -0.3 is 19.8 Å². The van der Waals surface area contributed by atoms with E-state index in [1.165, 1.54) is 12.8 Å². The number of aliphatic hydroxyl groups is 1. The van der Waals surface area contributed by atoms with Crippen LogP contribution >= 0.6 is 7.82 Å². The molecular weight excluding hydrogens is 563 g/mol. The Morgan fingerprint density at radius 3 is 2.09 bits per heavy atom. The summed E-state index contributed by atoms with van der Waals surface area (Å²) >= 11 is 0. The van der Waals surface area contributed by atoms with E-state index in [1.807, 2.05) is 27.2 Å². The van der Waals surface area contributed by atoms with Gasteiger partial charge in [-0.2, -0.15) is 0 Å². The third-order valence-electron chi connectivity index (χ3n) is 6.47. The minimum atomic E-state index is -4.34. The van der Waals surface area contributed by atoms with Crippen LogP contribution in [0.25, 0.3) is 0 Å². The van der Waals surface area contributed by atoms with Crippen LogP contribution in [-0.2, 0) is 18.4 Å². The average Bonchev–Trinajstić information content (AvgIpc) is 2.94. The van der Waals surface area contributed by atoms with Crippen LogP contribution in [0.5, 0.6) is 0 Å². The van der Waals surface area contributed by atoms with Gasteiger partial charge >= 0.3 is 7.82 Å². The third kappa shape index (κ3) is 28.7. The van der Waals surface area contributed by atoms with Crippen LogP contribution in [0.4, 0.5) is 0 Å². The predicted molar refractivity (Wildman–Crippen MR) is 180 cm³/mol. The van der Waals surface area contributed by atoms with E-state index in [4.69, 9.17) is 9.05 Å². The molecule has 0 aromatic rings. The monoisotopic (exact) mass is 625 g/mol. The van der Waals surface area contributed by atoms with Crippen LogP contribution < -0.4 is 5.32 Å². The molecule has 0 bridgehead atoms. The van der Waals surface area contributed by atoms with E-state index in [-0.39, 0.29) is 19.1 Å². The van der Waals surface area contributed by atoms with Crippen LogP contribution in [0.3, 0.4) is 0 Å². The Morgan fingerprint density at radius 1 is 0.814 bits per heavy atom. The molecule has 0 aromatic heterocycles. The van der Waals surface area contributed by atoms with Crippen LogP contribution in [-0.4, -0.2) is 73.4 Å². The summed E-state index contributed by atoms with van der Waals surface area (Å²) in [5.74, 6) is -0.226. The predicted octanol–water partition coefficient (Wildman–Crippen LogP) is 7.56. The number of hydrogen-bond donors (Lipinski definition) is 3. The minimum absolute atomic E-state index is 0.0467. The molecule has 248 valence electrons. The summed E-state index contributed by atoms with van der Waals surface area (Å²) in [7, 11) is 1.51. The zero-order valence-corrected chi connectivity index (χ0v) is 28.6. The Hall–Kier alpha value is -1.80. The normalized spacial score (nSPS) is 15.8. The van der Waals surface area contributed by atoms with Crippen LogP contribution in [0, 0.1) is 0 Å². The Balaban J connectivity index is 4.71. The van der Waals surface area contributed by atoms with Crippen molar-refractivity contribution in [3.05, 3.63) is 60.8 Å². The molecule has 0 radical (unpaired) electrons. The quantitative estimate of drug-likeness (QED) is 0.0377. The number of quaternary nitrogens is 1. The highest BCUT2D eigenvalue weighted by Crippen LogP contribution is 2.43. The standard InChI is InChI=1S/C34H61N2O6P/c1-6-8-10-12-14-16-17-18-19-20-22-24-26-28-34(38)35-32(31-42-43(39,40)41-30-29-36(3,4)5)33(37)27-25-23-21-15-13-11-9-7-2/h8,10,13-16,18-19,25,27,32-33,37H,6-7,9,11-12,17,20-24,26,28-31H2,1-5H3,(H-,35,38,39,40)/p+1/b10-8-,15-13+,16-14-,19-18-,27-25+. The van der Waals surface area contributed by atoms with E-state index >= 15 is 0 Å². The molecule has 0 aliphatic carbocycles. The van der Waals surface area contributed by atoms with Gasteiger partial charge in [-0.1, -0.05) is 93.9 Å². The second kappa shape index (κ2) is 26.6. The first-order chi connectivity index (χ1) is 20.5. The van der Waals surface area contributed by atoms with Crippen molar-refractivity contribution in [2.45, 2.75) is 109 Å². The molecule has 8 nitrogen and oxygen atoms in total. The van der Waals surface area contributed by atoms with E-state index in [0.29, 0.717) is 17.4 Å². The third-order valence-corrected chi connectivity index (χ3v) is 7.46. The lowest BCUT2D eigenvalue weighted by atomic mass is 10.1. The minimum Gasteiger partial charge on any atom is -0.387 e. The maximum atomic E-state index is 12.7. The van der Waals surface area contributed by atoms with Crippen LogP contribution in [0.15, 0.2) is 60.8 Å². The lowest BCUT2D eigenvalue weighted by molar-refractivity contribution is -0.870. The molecule has 0 spiro atoms. The Kier molecular flexibility index (Phi) is 25.5. The highest BCUT2D eigenvalue weighted by atomic mass is 31.2. The highest BCUT2D eigenvalue weighted by Gasteiger charge is 2.27. The molecule has 3 N–H and O–H groups in total. The van der Waals surface area contributed by atoms with Crippen molar-refractivity contribution in [3.63, 3.8) is 0 Å². The Morgan fingerprint density at radius 2 is 1.42 bits per heavy atom. The Bertz CT molecular complexity index is 892. The van der Waals surface area contributed by atoms with Crippen molar-refractivity contribution in [3.8, 4) is 0 Å². The second-order valence-electron chi connectivity index (χ2n) is 11.8. The first-order valence-corrected chi connectivity index (χ1v) is 17.7. The number of carbonyl (C=O) groups excluding carboxylic acids is 1. The van der Waals surface area contributed by atoms with Crippen molar-refractivity contribution in [2.24, 2.45) is 0 Å². The first-order valence-electron chi connectivity index (χ1n) is 16.2. The fourth-order valence-corrected chi connectivity index (χ4v) is 4.55. The summed E-state index contributed by atoms with van der Waals surface area (Å²) in [6.07, 6.45) is 31.6. The molecule has 9 heteroatoms. The van der Waals surface area contributed by atoms with E-state index in [1.54, 1.807) is 6.08 Å². The summed E-state index contributed by atoms with van der Waals surface area (Å²) in [6.45, 7) is 4.52. The number of hydrogen-bond acceptors (Lipinski definition) is 5. The zero-order chi connectivity index (χ0) is 32.2. The largest absolute Gasteiger partial charge is 0.472 e. The number of nitrogens with one attached hydrogen (secondary N) is 1. The SMILES string of the molecule is CC/C=C\C/C=C\C/C=C\CCCCCC(=O)NC(COP(=O)(O)OCC[N+](C)(C)C)C(O)/C=C/CC/C=C/CCCC. The number of phosphoric ester groups is 1. The maximum Gasteiger partial charge on any atom is 0.472 e. The summed E-state index contributed by atoms with van der Waals surface area (Å²) in [6, 6.07) is -0.875. The molecule has 1 amide bonds. The van der Waals surface area contributed by atoms with Gasteiger partial charge in [0.25, 0.3) is 0 Å². The highest BCUT2D eigenvalue weighted by molar-refractivity contribution is 7.47. The molecule has 3 atom stereocenters. The van der Waals surface area contributed by atoms with Crippen LogP contribution in [0.2, 0.25) is 0 Å². The smallest absolute Gasteiger partial charge is 0.387 e. The van der Waals surface area contributed by atoms with Crippen molar-refractivity contribution in [1.29, 1.82) is 0 Å². The first kappa shape index (κ1) is 41.2. The molecule has 0 rings (SSSR count). The lowest BCUT2D eigenvalue weighted by Crippen LogP contribution is -2.45. The zero-order valence-electron chi connectivity index (χ0n) is 27.7. The number of carbonyl (C=O) groups is 1. The summed E-state index contributed by atoms with van der Waals surface area (Å²) in [5, 5.41) is 13.6. The molecule has 43 heavy (non-hydrogen) atoms. The van der Waals surface area contributed by atoms with Gasteiger partial charge in [-0.25, -0.2) is 4.57 Å². The number of rotatable bonds is 27. The number of unbranched alkanes of at least 4 members (excludes halogenated alkanes) is 6. The number of amides is 1. The van der Waals surface area contributed by atoms with Gasteiger partial charge in [0.1, 0.15) is 13.2 Å². The lowest BCUT2D eigenvalue weighted by Gasteiger charge is -2.25. The second-order valence-corrected chi connectivity index (χ2v) is 13.2. The number of phosphoric acid groups is 1. The van der Waals surface area contributed by atoms with Gasteiger partial charge in [-0.15, -0.1) is 0 Å². The summed E-state index contributed by atoms with van der Waals surface area (Å²) in [4.78, 5) is 22.8. The van der Waals surface area contributed by atoms with E-state index in [2.05, 4.69) is 67.8 Å². The molecule has 0 saturated carbocycles. The Labute approximate surface area is 262 Å². The molecular formula is C34H62N2O6P+. The molecule has 0 saturated heterocycles. The number of aliphatic hydroxyl groups excluding tert-OH is 1. The molecule has 0 aliphatic rings. The van der Waals surface area contributed by atoms with Crippen LogP contribution in [0.1, 0.15) is 97.3 Å². The topological polar surface area (TPSA) is 105 Å². The van der Waals surface area contributed by atoms with Crippen molar-refractivity contribution in [2.75, 3.05) is 40.9 Å². The maximum absolute atomic E-state index is 12.7. The number of allylic oxidation sites excluding steroid dienone is 9. The van der Waals surface area contributed by atoms with Gasteiger partial charge in [0.2, 0.25) is 5.91 Å². The summed E-state index contributed by atoms with van der Waals surface area (Å²) in [5.41, 5.74) is 0. The van der Waals surface area contributed by atoms with E-state index in [9.17, 15) is 19.4 Å². The van der Waals surface area contributed by atoms with Gasteiger partial charge in [-0.3, -0.25) is 13.8 Å². The molecule has 0 fully saturated rings. The average molecular weight is 626 g/mol.